The van der Waals surface area contributed by atoms with E-state index < -0.39 is 0 Å². The number of rotatable bonds is 2. The number of aryl methyl sites for hydroxylation is 1. The molecule has 3 heteroatoms. The summed E-state index contributed by atoms with van der Waals surface area (Å²) in [6.07, 6.45) is 2.52. The first-order chi connectivity index (χ1) is 7.76. The van der Waals surface area contributed by atoms with Gasteiger partial charge in [0.1, 0.15) is 5.75 Å². The van der Waals surface area contributed by atoms with E-state index in [9.17, 15) is 4.79 Å². The molecule has 1 aliphatic rings. The van der Waals surface area contributed by atoms with E-state index in [1.54, 1.807) is 7.11 Å². The van der Waals surface area contributed by atoms with Crippen molar-refractivity contribution in [3.05, 3.63) is 29.3 Å². The van der Waals surface area contributed by atoms with Crippen LogP contribution in [0.5, 0.6) is 5.75 Å². The molecule has 86 valence electrons. The first kappa shape index (κ1) is 11.0. The molecule has 0 saturated carbocycles. The van der Waals surface area contributed by atoms with Crippen LogP contribution in [0.25, 0.3) is 0 Å². The lowest BCUT2D eigenvalue weighted by Crippen LogP contribution is -2.24. The maximum atomic E-state index is 11.5. The zero-order valence-corrected chi connectivity index (χ0v) is 9.66. The van der Waals surface area contributed by atoms with E-state index in [-0.39, 0.29) is 11.9 Å². The van der Waals surface area contributed by atoms with Crippen LogP contribution >= 0.6 is 0 Å². The molecule has 0 unspecified atom stereocenters. The molecule has 1 aromatic carbocycles. The molecule has 1 aromatic rings. The Morgan fingerprint density at radius 2 is 2.19 bits per heavy atom. The highest BCUT2D eigenvalue weighted by Gasteiger charge is 2.27. The minimum atomic E-state index is -0.114. The van der Waals surface area contributed by atoms with Gasteiger partial charge in [-0.1, -0.05) is 12.1 Å². The predicted octanol–water partition coefficient (Wildman–Crippen LogP) is 1.97. The molecule has 0 bridgehead atoms. The molecule has 3 nitrogen and oxygen atoms in total. The van der Waals surface area contributed by atoms with E-state index in [0.29, 0.717) is 0 Å². The van der Waals surface area contributed by atoms with E-state index in [1.807, 2.05) is 12.1 Å². The molecule has 1 aliphatic carbocycles. The topological polar surface area (TPSA) is 35.5 Å². The Bertz CT molecular complexity index is 384. The molecule has 16 heavy (non-hydrogen) atoms. The summed E-state index contributed by atoms with van der Waals surface area (Å²) in [5, 5.41) is 0. The lowest BCUT2D eigenvalue weighted by molar-refractivity contribution is -0.145. The highest BCUT2D eigenvalue weighted by atomic mass is 16.5. The number of esters is 1. The van der Waals surface area contributed by atoms with Crippen molar-refractivity contribution in [1.82, 2.24) is 0 Å². The number of ether oxygens (including phenoxy) is 2. The zero-order chi connectivity index (χ0) is 11.5. The molecule has 0 saturated heterocycles. The Labute approximate surface area is 95.4 Å². The number of carbonyl (C=O) groups is 1. The molecule has 2 rings (SSSR count). The van der Waals surface area contributed by atoms with E-state index in [1.165, 1.54) is 12.7 Å². The summed E-state index contributed by atoms with van der Waals surface area (Å²) in [6, 6.07) is 6.04. The SMILES string of the molecule is COC(=O)[C@@H]1CCc2cccc(OC)c2C1. The van der Waals surface area contributed by atoms with Crippen molar-refractivity contribution in [2.45, 2.75) is 19.3 Å². The second-order valence-electron chi connectivity index (χ2n) is 4.06. The van der Waals surface area contributed by atoms with Gasteiger partial charge in [0.15, 0.2) is 0 Å². The average Bonchev–Trinajstić information content (AvgIpc) is 2.36. The third-order valence-corrected chi connectivity index (χ3v) is 3.20. The fourth-order valence-corrected chi connectivity index (χ4v) is 2.31. The van der Waals surface area contributed by atoms with Crippen molar-refractivity contribution in [3.63, 3.8) is 0 Å². The molecule has 0 heterocycles. The van der Waals surface area contributed by atoms with E-state index in [0.717, 1.165) is 30.6 Å². The van der Waals surface area contributed by atoms with Gasteiger partial charge in [0.05, 0.1) is 20.1 Å². The third kappa shape index (κ3) is 1.90. The standard InChI is InChI=1S/C13H16O3/c1-15-12-5-3-4-9-6-7-10(8-11(9)12)13(14)16-2/h3-5,10H,6-8H2,1-2H3/t10-/m1/s1. The lowest BCUT2D eigenvalue weighted by Gasteiger charge is -2.24. The van der Waals surface area contributed by atoms with Gasteiger partial charge in [-0.25, -0.2) is 0 Å². The van der Waals surface area contributed by atoms with Crippen LogP contribution in [0, 0.1) is 5.92 Å². The number of benzene rings is 1. The highest BCUT2D eigenvalue weighted by Crippen LogP contribution is 2.32. The smallest absolute Gasteiger partial charge is 0.309 e. The van der Waals surface area contributed by atoms with Gasteiger partial charge in [-0.3, -0.25) is 4.79 Å². The van der Waals surface area contributed by atoms with Crippen LogP contribution in [-0.2, 0) is 22.4 Å². The molecule has 0 aromatic heterocycles. The van der Waals surface area contributed by atoms with Gasteiger partial charge in [0.2, 0.25) is 0 Å². The summed E-state index contributed by atoms with van der Waals surface area (Å²) in [5.74, 6) is 0.747. The van der Waals surface area contributed by atoms with E-state index >= 15 is 0 Å². The number of carbonyl (C=O) groups excluding carboxylic acids is 1. The first-order valence-electron chi connectivity index (χ1n) is 5.49. The van der Waals surface area contributed by atoms with E-state index in [4.69, 9.17) is 9.47 Å². The summed E-state index contributed by atoms with van der Waals surface area (Å²) < 4.78 is 10.1. The fourth-order valence-electron chi connectivity index (χ4n) is 2.31. The van der Waals surface area contributed by atoms with Crippen LogP contribution in [0.15, 0.2) is 18.2 Å². The van der Waals surface area contributed by atoms with Crippen LogP contribution in [0.1, 0.15) is 17.5 Å². The Morgan fingerprint density at radius 3 is 2.88 bits per heavy atom. The lowest BCUT2D eigenvalue weighted by atomic mass is 9.83. The summed E-state index contributed by atoms with van der Waals surface area (Å²) in [6.45, 7) is 0. The number of methoxy groups -OCH3 is 2. The van der Waals surface area contributed by atoms with Crippen LogP contribution < -0.4 is 4.74 Å². The monoisotopic (exact) mass is 220 g/mol. The first-order valence-corrected chi connectivity index (χ1v) is 5.49. The maximum absolute atomic E-state index is 11.5. The molecule has 0 spiro atoms. The molecule has 0 radical (unpaired) electrons. The summed E-state index contributed by atoms with van der Waals surface area (Å²) in [5.41, 5.74) is 2.45. The van der Waals surface area contributed by atoms with Gasteiger partial charge in [-0.15, -0.1) is 0 Å². The number of fused-ring (bicyclic) bond motifs is 1. The Hall–Kier alpha value is -1.51. The largest absolute Gasteiger partial charge is 0.496 e. The van der Waals surface area contributed by atoms with Crippen molar-refractivity contribution >= 4 is 5.97 Å². The summed E-state index contributed by atoms with van der Waals surface area (Å²) in [4.78, 5) is 11.5. The Kier molecular flexibility index (Phi) is 3.13. The van der Waals surface area contributed by atoms with Gasteiger partial charge in [0.25, 0.3) is 0 Å². The molecular formula is C13H16O3. The Balaban J connectivity index is 2.27. The third-order valence-electron chi connectivity index (χ3n) is 3.20. The second kappa shape index (κ2) is 4.56. The summed E-state index contributed by atoms with van der Waals surface area (Å²) in [7, 11) is 3.11. The van der Waals surface area contributed by atoms with Gasteiger partial charge in [0, 0.05) is 0 Å². The minimum absolute atomic E-state index is 0.0196. The molecule has 0 N–H and O–H groups in total. The number of hydrogen-bond donors (Lipinski definition) is 0. The predicted molar refractivity (Wildman–Crippen MR) is 60.5 cm³/mol. The van der Waals surface area contributed by atoms with Crippen molar-refractivity contribution < 1.29 is 14.3 Å². The van der Waals surface area contributed by atoms with Gasteiger partial charge in [-0.2, -0.15) is 0 Å². The molecule has 0 amide bonds. The average molecular weight is 220 g/mol. The van der Waals surface area contributed by atoms with Crippen molar-refractivity contribution in [3.8, 4) is 5.75 Å². The van der Waals surface area contributed by atoms with Crippen LogP contribution in [0.3, 0.4) is 0 Å². The van der Waals surface area contributed by atoms with Gasteiger partial charge < -0.3 is 9.47 Å². The quantitative estimate of drug-likeness (QED) is 0.715. The molecule has 0 fully saturated rings. The fraction of sp³-hybridized carbons (Fsp3) is 0.462. The van der Waals surface area contributed by atoms with Crippen LogP contribution in [0.4, 0.5) is 0 Å². The maximum Gasteiger partial charge on any atom is 0.309 e. The van der Waals surface area contributed by atoms with Crippen molar-refractivity contribution in [1.29, 1.82) is 0 Å². The van der Waals surface area contributed by atoms with E-state index in [2.05, 4.69) is 6.07 Å². The van der Waals surface area contributed by atoms with Gasteiger partial charge >= 0.3 is 5.97 Å². The summed E-state index contributed by atoms with van der Waals surface area (Å²) >= 11 is 0. The minimum Gasteiger partial charge on any atom is -0.496 e. The van der Waals surface area contributed by atoms with Gasteiger partial charge in [-0.05, 0) is 36.5 Å². The van der Waals surface area contributed by atoms with Crippen molar-refractivity contribution in [2.24, 2.45) is 5.92 Å². The zero-order valence-electron chi connectivity index (χ0n) is 9.66. The number of hydrogen-bond acceptors (Lipinski definition) is 3. The molecular weight excluding hydrogens is 204 g/mol. The molecule has 0 aliphatic heterocycles. The normalized spacial score (nSPS) is 18.8. The van der Waals surface area contributed by atoms with Crippen molar-refractivity contribution in [2.75, 3.05) is 14.2 Å². The second-order valence-corrected chi connectivity index (χ2v) is 4.06. The molecule has 1 atom stereocenters. The Morgan fingerprint density at radius 1 is 1.38 bits per heavy atom. The highest BCUT2D eigenvalue weighted by molar-refractivity contribution is 5.73. The van der Waals surface area contributed by atoms with Crippen LogP contribution in [-0.4, -0.2) is 20.2 Å². The van der Waals surface area contributed by atoms with Crippen LogP contribution in [0.2, 0.25) is 0 Å².